The molecule has 3 atom stereocenters. The van der Waals surface area contributed by atoms with E-state index in [0.717, 1.165) is 19.5 Å². The van der Waals surface area contributed by atoms with E-state index in [-0.39, 0.29) is 0 Å². The van der Waals surface area contributed by atoms with Gasteiger partial charge in [-0.15, -0.1) is 11.3 Å². The Morgan fingerprint density at radius 2 is 2.06 bits per heavy atom. The first-order valence-electron chi connectivity index (χ1n) is 7.01. The van der Waals surface area contributed by atoms with Crippen LogP contribution in [0.5, 0.6) is 0 Å². The molecule has 18 heavy (non-hydrogen) atoms. The molecule has 0 aliphatic carbocycles. The van der Waals surface area contributed by atoms with Gasteiger partial charge in [0.25, 0.3) is 0 Å². The van der Waals surface area contributed by atoms with Gasteiger partial charge in [-0.05, 0) is 57.8 Å². The topological polar surface area (TPSA) is 15.3 Å². The average Bonchev–Trinajstić information content (AvgIpc) is 2.86. The summed E-state index contributed by atoms with van der Waals surface area (Å²) in [6, 6.07) is 5.59. The lowest BCUT2D eigenvalue weighted by atomic mass is 10.00. The van der Waals surface area contributed by atoms with Crippen molar-refractivity contribution in [3.63, 3.8) is 0 Å². The summed E-state index contributed by atoms with van der Waals surface area (Å²) in [6.07, 6.45) is 1.16. The Morgan fingerprint density at radius 1 is 1.33 bits per heavy atom. The summed E-state index contributed by atoms with van der Waals surface area (Å²) in [5.41, 5.74) is 0. The molecule has 104 valence electrons. The van der Waals surface area contributed by atoms with E-state index in [0.29, 0.717) is 18.0 Å². The van der Waals surface area contributed by atoms with Gasteiger partial charge in [0.2, 0.25) is 0 Å². The molecule has 1 rings (SSSR count). The van der Waals surface area contributed by atoms with Crippen LogP contribution >= 0.6 is 11.3 Å². The zero-order chi connectivity index (χ0) is 13.5. The highest BCUT2D eigenvalue weighted by atomic mass is 32.1. The van der Waals surface area contributed by atoms with Crippen molar-refractivity contribution in [3.05, 3.63) is 22.4 Å². The first-order chi connectivity index (χ1) is 8.56. The van der Waals surface area contributed by atoms with Gasteiger partial charge in [-0.1, -0.05) is 19.9 Å². The minimum absolute atomic E-state index is 0.600. The molecular formula is C15H28N2S. The monoisotopic (exact) mass is 268 g/mol. The summed E-state index contributed by atoms with van der Waals surface area (Å²) in [5, 5.41) is 5.61. The van der Waals surface area contributed by atoms with Gasteiger partial charge < -0.3 is 10.2 Å². The second-order valence-corrected chi connectivity index (χ2v) is 6.36. The van der Waals surface area contributed by atoms with Crippen LogP contribution in [0, 0.1) is 5.92 Å². The molecule has 1 aromatic heterocycles. The van der Waals surface area contributed by atoms with Gasteiger partial charge in [-0.3, -0.25) is 0 Å². The predicted molar refractivity (Wildman–Crippen MR) is 82.4 cm³/mol. The van der Waals surface area contributed by atoms with E-state index in [1.165, 1.54) is 4.88 Å². The number of nitrogens with one attached hydrogen (secondary N) is 1. The van der Waals surface area contributed by atoms with Gasteiger partial charge >= 0.3 is 0 Å². The van der Waals surface area contributed by atoms with Crippen molar-refractivity contribution in [2.75, 3.05) is 20.1 Å². The summed E-state index contributed by atoms with van der Waals surface area (Å²) in [4.78, 5) is 4.00. The van der Waals surface area contributed by atoms with E-state index < -0.39 is 0 Å². The standard InChI is InChI=1S/C15H28N2S/c1-6-16-11-12(2)14(4)17(5)13(3)10-15-8-7-9-18-15/h7-9,12-14,16H,6,10-11H2,1-5H3. The van der Waals surface area contributed by atoms with Crippen LogP contribution in [0.2, 0.25) is 0 Å². The lowest BCUT2D eigenvalue weighted by Gasteiger charge is -2.34. The molecule has 2 nitrogen and oxygen atoms in total. The Labute approximate surface area is 116 Å². The van der Waals surface area contributed by atoms with Crippen LogP contribution in [0.1, 0.15) is 32.6 Å². The summed E-state index contributed by atoms with van der Waals surface area (Å²) in [5.74, 6) is 0.681. The molecule has 3 unspecified atom stereocenters. The van der Waals surface area contributed by atoms with Crippen molar-refractivity contribution in [1.82, 2.24) is 10.2 Å². The molecular weight excluding hydrogens is 240 g/mol. The Kier molecular flexibility index (Phi) is 6.90. The molecule has 3 heteroatoms. The van der Waals surface area contributed by atoms with Crippen LogP contribution in [0.3, 0.4) is 0 Å². The normalized spacial score (nSPS) is 16.8. The molecule has 0 aliphatic heterocycles. The molecule has 0 amide bonds. The molecule has 0 spiro atoms. The highest BCUT2D eigenvalue weighted by Crippen LogP contribution is 2.17. The van der Waals surface area contributed by atoms with Crippen molar-refractivity contribution < 1.29 is 0 Å². The third-order valence-corrected chi connectivity index (χ3v) is 4.85. The number of thiophene rings is 1. The lowest BCUT2D eigenvalue weighted by Crippen LogP contribution is -2.44. The van der Waals surface area contributed by atoms with E-state index in [1.807, 2.05) is 11.3 Å². The minimum atomic E-state index is 0.600. The third-order valence-electron chi connectivity index (χ3n) is 3.95. The highest BCUT2D eigenvalue weighted by molar-refractivity contribution is 7.09. The Bertz CT molecular complexity index is 310. The number of hydrogen-bond donors (Lipinski definition) is 1. The van der Waals surface area contributed by atoms with Crippen molar-refractivity contribution in [2.45, 2.75) is 46.2 Å². The SMILES string of the molecule is CCNCC(C)C(C)N(C)C(C)Cc1cccs1. The van der Waals surface area contributed by atoms with E-state index in [4.69, 9.17) is 0 Å². The maximum absolute atomic E-state index is 3.44. The zero-order valence-corrected chi connectivity index (χ0v) is 13.3. The average molecular weight is 268 g/mol. The van der Waals surface area contributed by atoms with Crippen LogP contribution in [0.15, 0.2) is 17.5 Å². The van der Waals surface area contributed by atoms with Gasteiger partial charge in [-0.25, -0.2) is 0 Å². The van der Waals surface area contributed by atoms with Crippen LogP contribution in [0.4, 0.5) is 0 Å². The van der Waals surface area contributed by atoms with Gasteiger partial charge in [-0.2, -0.15) is 0 Å². The first kappa shape index (κ1) is 15.7. The largest absolute Gasteiger partial charge is 0.317 e. The van der Waals surface area contributed by atoms with Crippen LogP contribution < -0.4 is 5.32 Å². The molecule has 1 heterocycles. The van der Waals surface area contributed by atoms with Crippen LogP contribution in [-0.2, 0) is 6.42 Å². The second-order valence-electron chi connectivity index (χ2n) is 5.32. The summed E-state index contributed by atoms with van der Waals surface area (Å²) in [7, 11) is 2.26. The van der Waals surface area contributed by atoms with E-state index in [1.54, 1.807) is 0 Å². The number of rotatable bonds is 8. The van der Waals surface area contributed by atoms with E-state index >= 15 is 0 Å². The predicted octanol–water partition coefficient (Wildman–Crippen LogP) is 3.25. The highest BCUT2D eigenvalue weighted by Gasteiger charge is 2.21. The van der Waals surface area contributed by atoms with Crippen molar-refractivity contribution >= 4 is 11.3 Å². The molecule has 1 N–H and O–H groups in total. The van der Waals surface area contributed by atoms with E-state index in [2.05, 4.69) is 62.5 Å². The molecule has 1 aromatic rings. The molecule has 0 saturated heterocycles. The zero-order valence-electron chi connectivity index (χ0n) is 12.4. The molecule has 0 aliphatic rings. The molecule has 0 bridgehead atoms. The van der Waals surface area contributed by atoms with Gasteiger partial charge in [0.15, 0.2) is 0 Å². The Morgan fingerprint density at radius 3 is 2.61 bits per heavy atom. The van der Waals surface area contributed by atoms with Gasteiger partial charge in [0.05, 0.1) is 0 Å². The number of likely N-dealkylation sites (N-methyl/N-ethyl adjacent to an activating group) is 1. The van der Waals surface area contributed by atoms with Crippen molar-refractivity contribution in [2.24, 2.45) is 5.92 Å². The molecule has 0 saturated carbocycles. The smallest absolute Gasteiger partial charge is 0.0115 e. The number of hydrogen-bond acceptors (Lipinski definition) is 3. The maximum Gasteiger partial charge on any atom is 0.0115 e. The quantitative estimate of drug-likeness (QED) is 0.778. The molecule has 0 fully saturated rings. The van der Waals surface area contributed by atoms with Gasteiger partial charge in [0, 0.05) is 17.0 Å². The van der Waals surface area contributed by atoms with Gasteiger partial charge in [0.1, 0.15) is 0 Å². The summed E-state index contributed by atoms with van der Waals surface area (Å²) < 4.78 is 0. The third kappa shape index (κ3) is 4.71. The Hall–Kier alpha value is -0.380. The second kappa shape index (κ2) is 7.93. The summed E-state index contributed by atoms with van der Waals surface area (Å²) >= 11 is 1.86. The number of nitrogens with zero attached hydrogens (tertiary/aromatic N) is 1. The van der Waals surface area contributed by atoms with E-state index in [9.17, 15) is 0 Å². The minimum Gasteiger partial charge on any atom is -0.317 e. The fraction of sp³-hybridized carbons (Fsp3) is 0.733. The summed E-state index contributed by atoms with van der Waals surface area (Å²) in [6.45, 7) is 11.3. The van der Waals surface area contributed by atoms with Crippen LogP contribution in [0.25, 0.3) is 0 Å². The fourth-order valence-corrected chi connectivity index (χ4v) is 3.04. The maximum atomic E-state index is 3.44. The van der Waals surface area contributed by atoms with Crippen molar-refractivity contribution in [3.8, 4) is 0 Å². The lowest BCUT2D eigenvalue weighted by molar-refractivity contribution is 0.149. The Balaban J connectivity index is 2.43. The van der Waals surface area contributed by atoms with Crippen LogP contribution in [-0.4, -0.2) is 37.1 Å². The molecule has 0 aromatic carbocycles. The fourth-order valence-electron chi connectivity index (χ4n) is 2.21. The van der Waals surface area contributed by atoms with Crippen molar-refractivity contribution in [1.29, 1.82) is 0 Å². The molecule has 0 radical (unpaired) electrons. The first-order valence-corrected chi connectivity index (χ1v) is 7.89.